The van der Waals surface area contributed by atoms with E-state index in [1.165, 1.54) is 6.20 Å². The van der Waals surface area contributed by atoms with Crippen LogP contribution in [0.25, 0.3) is 0 Å². The number of rotatable bonds is 0. The number of aromatic nitrogens is 2. The first-order chi connectivity index (χ1) is 4.20. The Morgan fingerprint density at radius 2 is 2.11 bits per heavy atom. The van der Waals surface area contributed by atoms with Gasteiger partial charge in [-0.15, -0.1) is 0 Å². The molecule has 4 nitrogen and oxygen atoms in total. The summed E-state index contributed by atoms with van der Waals surface area (Å²) in [7, 11) is 0. The molecule has 0 atom stereocenters. The lowest BCUT2D eigenvalue weighted by atomic mass is 10.7. The van der Waals surface area contributed by atoms with Crippen molar-refractivity contribution in [2.75, 3.05) is 0 Å². The summed E-state index contributed by atoms with van der Waals surface area (Å²) >= 11 is 2.92. The smallest absolute Gasteiger partial charge is 0.313 e. The predicted molar refractivity (Wildman–Crippen MR) is 35.4 cm³/mol. The van der Waals surface area contributed by atoms with Crippen molar-refractivity contribution >= 4 is 15.9 Å². The van der Waals surface area contributed by atoms with Crippen LogP contribution >= 0.6 is 15.9 Å². The van der Waals surface area contributed by atoms with Crippen LogP contribution in [0.1, 0.15) is 0 Å². The summed E-state index contributed by atoms with van der Waals surface area (Å²) in [6.45, 7) is 0. The molecule has 0 radical (unpaired) electrons. The van der Waals surface area contributed by atoms with Gasteiger partial charge in [0.25, 0.3) is 5.56 Å². The lowest BCUT2D eigenvalue weighted by molar-refractivity contribution is 1.02. The molecule has 0 amide bonds. The Bertz CT molecular complexity index is 313. The van der Waals surface area contributed by atoms with Gasteiger partial charge in [0.05, 0.1) is 4.47 Å². The third-order valence-electron chi connectivity index (χ3n) is 0.774. The van der Waals surface area contributed by atoms with Gasteiger partial charge in [0, 0.05) is 6.20 Å². The molecule has 0 aromatic carbocycles. The van der Waals surface area contributed by atoms with E-state index in [1.54, 1.807) is 0 Å². The zero-order valence-corrected chi connectivity index (χ0v) is 5.86. The van der Waals surface area contributed by atoms with Crippen molar-refractivity contribution in [1.82, 2.24) is 9.97 Å². The number of hydrogen-bond donors (Lipinski definition) is 2. The van der Waals surface area contributed by atoms with Crippen molar-refractivity contribution in [1.29, 1.82) is 0 Å². The summed E-state index contributed by atoms with van der Waals surface area (Å²) < 4.78 is 0.321. The largest absolute Gasteiger partial charge is 0.325 e. The third kappa shape index (κ3) is 1.29. The van der Waals surface area contributed by atoms with Gasteiger partial charge in [0.15, 0.2) is 0 Å². The van der Waals surface area contributed by atoms with Gasteiger partial charge in [-0.1, -0.05) is 0 Å². The highest BCUT2D eigenvalue weighted by Gasteiger charge is 1.90. The van der Waals surface area contributed by atoms with Crippen molar-refractivity contribution in [3.05, 3.63) is 31.5 Å². The second kappa shape index (κ2) is 2.18. The maximum Gasteiger partial charge on any atom is 0.325 e. The minimum absolute atomic E-state index is 0.321. The summed E-state index contributed by atoms with van der Waals surface area (Å²) in [4.78, 5) is 25.1. The quantitative estimate of drug-likeness (QED) is 0.601. The second-order valence-corrected chi connectivity index (χ2v) is 2.27. The lowest BCUT2D eigenvalue weighted by Crippen LogP contribution is -2.21. The van der Waals surface area contributed by atoms with Crippen LogP contribution < -0.4 is 11.2 Å². The Balaban J connectivity index is 3.52. The molecule has 0 fully saturated rings. The molecule has 0 aliphatic heterocycles. The molecular weight excluding hydrogens is 191 g/mol. The normalized spacial score (nSPS) is 9.44. The molecule has 0 unspecified atom stereocenters. The second-order valence-electron chi connectivity index (χ2n) is 1.42. The number of aromatic amines is 2. The van der Waals surface area contributed by atoms with Gasteiger partial charge in [-0.3, -0.25) is 9.78 Å². The SMILES string of the molecule is O=c1[15nH][13c](=O)[15nH]cc1Br. The molecule has 1 rings (SSSR count). The molecule has 0 aliphatic rings. The molecule has 1 aromatic rings. The number of nitrogens with one attached hydrogen (secondary N) is 2. The van der Waals surface area contributed by atoms with Gasteiger partial charge in [-0.2, -0.15) is 0 Å². The predicted octanol–water partition coefficient (Wildman–Crippen LogP) is -0.174. The Kier molecular flexibility index (Phi) is 1.52. The van der Waals surface area contributed by atoms with E-state index in [0.29, 0.717) is 4.47 Å². The molecular formula is C4H3BrN2O2. The average molecular weight is 194 g/mol. The van der Waals surface area contributed by atoms with E-state index < -0.39 is 11.2 Å². The molecule has 0 saturated carbocycles. The summed E-state index contributed by atoms with van der Waals surface area (Å²) in [6.07, 6.45) is 1.29. The maximum atomic E-state index is 10.5. The van der Waals surface area contributed by atoms with Crippen molar-refractivity contribution in [3.63, 3.8) is 0 Å². The van der Waals surface area contributed by atoms with Gasteiger partial charge in [0.1, 0.15) is 0 Å². The number of halogens is 1. The van der Waals surface area contributed by atoms with Crippen molar-refractivity contribution in [2.24, 2.45) is 0 Å². The van der Waals surface area contributed by atoms with E-state index >= 15 is 0 Å². The minimum atomic E-state index is -0.497. The first kappa shape index (κ1) is 6.28. The summed E-state index contributed by atoms with van der Waals surface area (Å²) in [6, 6.07) is 0. The van der Waals surface area contributed by atoms with E-state index in [2.05, 4.69) is 20.9 Å². The molecule has 1 aromatic heterocycles. The maximum absolute atomic E-state index is 10.5. The van der Waals surface area contributed by atoms with Crippen LogP contribution in [0.3, 0.4) is 0 Å². The van der Waals surface area contributed by atoms with Crippen LogP contribution in [0.15, 0.2) is 20.3 Å². The minimum Gasteiger partial charge on any atom is -0.313 e. The molecule has 0 saturated heterocycles. The summed E-state index contributed by atoms with van der Waals surface area (Å²) in [5.74, 6) is 0. The molecule has 0 spiro atoms. The fraction of sp³-hybridized carbons (Fsp3) is 0. The fourth-order valence-corrected chi connectivity index (χ4v) is 0.607. The number of hydrogen-bond acceptors (Lipinski definition) is 2. The molecule has 5 heteroatoms. The van der Waals surface area contributed by atoms with Gasteiger partial charge in [0.2, 0.25) is 0 Å². The Labute approximate surface area is 58.1 Å². The van der Waals surface area contributed by atoms with Crippen LogP contribution in [0.2, 0.25) is 0 Å². The van der Waals surface area contributed by atoms with E-state index in [0.717, 1.165) is 0 Å². The van der Waals surface area contributed by atoms with Crippen molar-refractivity contribution in [2.45, 2.75) is 0 Å². The van der Waals surface area contributed by atoms with Crippen molar-refractivity contribution in [3.8, 4) is 0 Å². The van der Waals surface area contributed by atoms with Crippen LogP contribution in [0, 0.1) is 0 Å². The van der Waals surface area contributed by atoms with Gasteiger partial charge in [-0.25, -0.2) is 4.79 Å². The molecule has 1 heterocycles. The van der Waals surface area contributed by atoms with E-state index in [-0.39, 0.29) is 0 Å². The van der Waals surface area contributed by atoms with E-state index in [1.807, 2.05) is 4.98 Å². The number of H-pyrrole nitrogens is 2. The molecule has 9 heavy (non-hydrogen) atoms. The zero-order chi connectivity index (χ0) is 6.85. The lowest BCUT2D eigenvalue weighted by Gasteiger charge is -1.82. The Morgan fingerprint density at radius 3 is 2.56 bits per heavy atom. The van der Waals surface area contributed by atoms with Crippen LogP contribution in [-0.2, 0) is 0 Å². The molecule has 0 aliphatic carbocycles. The molecule has 2 N–H and O–H groups in total. The summed E-state index contributed by atoms with van der Waals surface area (Å²) in [5.41, 5.74) is -0.915. The van der Waals surface area contributed by atoms with Crippen molar-refractivity contribution < 1.29 is 0 Å². The average Bonchev–Trinajstić information content (AvgIpc) is 1.80. The zero-order valence-electron chi connectivity index (χ0n) is 4.27. The molecule has 48 valence electrons. The van der Waals surface area contributed by atoms with Crippen LogP contribution in [-0.4, -0.2) is 9.97 Å². The van der Waals surface area contributed by atoms with E-state index in [9.17, 15) is 9.59 Å². The highest BCUT2D eigenvalue weighted by Crippen LogP contribution is 1.93. The highest BCUT2D eigenvalue weighted by molar-refractivity contribution is 9.10. The summed E-state index contributed by atoms with van der Waals surface area (Å²) in [5, 5.41) is 0. The first-order valence-electron chi connectivity index (χ1n) is 2.17. The monoisotopic (exact) mass is 193 g/mol. The van der Waals surface area contributed by atoms with Gasteiger partial charge >= 0.3 is 5.69 Å². The topological polar surface area (TPSA) is 65.7 Å². The fourth-order valence-electron chi connectivity index (χ4n) is 0.393. The first-order valence-corrected chi connectivity index (χ1v) is 2.97. The van der Waals surface area contributed by atoms with Crippen LogP contribution in [0.5, 0.6) is 0 Å². The van der Waals surface area contributed by atoms with Gasteiger partial charge < -0.3 is 4.98 Å². The Morgan fingerprint density at radius 1 is 1.44 bits per heavy atom. The van der Waals surface area contributed by atoms with Gasteiger partial charge in [-0.05, 0) is 15.9 Å². The van der Waals surface area contributed by atoms with E-state index in [4.69, 9.17) is 0 Å². The standard InChI is InChI=1S/C4H3BrN2O2/c5-2-1-6-4(9)7-3(2)8/h1H,(H2,6,7,8,9)/i4+1,6+1,7+1. The molecule has 0 bridgehead atoms. The van der Waals surface area contributed by atoms with Crippen LogP contribution in [0.4, 0.5) is 0 Å². The Hall–Kier alpha value is -0.840. The third-order valence-corrected chi connectivity index (χ3v) is 1.36. The highest BCUT2D eigenvalue weighted by atomic mass is 79.9.